The van der Waals surface area contributed by atoms with Crippen LogP contribution in [0.1, 0.15) is 65.7 Å². The molecule has 0 aromatic heterocycles. The summed E-state index contributed by atoms with van der Waals surface area (Å²) in [6, 6.07) is 11.6. The molecule has 0 saturated carbocycles. The Morgan fingerprint density at radius 1 is 1.08 bits per heavy atom. The van der Waals surface area contributed by atoms with Crippen molar-refractivity contribution in [3.05, 3.63) is 64.7 Å². The lowest BCUT2D eigenvalue weighted by Gasteiger charge is -2.20. The summed E-state index contributed by atoms with van der Waals surface area (Å²) >= 11 is 0. The molecule has 0 aliphatic rings. The SMILES string of the molecule is Cc1cc(CCC(=O)NCCCCCP(=O)(O)C[C@@H](O)CN[C@H](C)c2cccc(C(=O)O)c2)ccc1O. The molecular weight excluding hydrogens is 495 g/mol. The van der Waals surface area contributed by atoms with Crippen LogP contribution >= 0.6 is 7.37 Å². The van der Waals surface area contributed by atoms with Gasteiger partial charge in [-0.25, -0.2) is 4.79 Å². The van der Waals surface area contributed by atoms with Crippen molar-refractivity contribution in [3.8, 4) is 5.75 Å². The van der Waals surface area contributed by atoms with Gasteiger partial charge in [0.25, 0.3) is 0 Å². The van der Waals surface area contributed by atoms with Gasteiger partial charge >= 0.3 is 5.97 Å². The number of unbranched alkanes of at least 4 members (excludes halogenated alkanes) is 2. The Kier molecular flexibility index (Phi) is 12.3. The first-order valence-electron chi connectivity index (χ1n) is 12.6. The number of rotatable bonds is 16. The average Bonchev–Trinajstić information content (AvgIpc) is 2.85. The summed E-state index contributed by atoms with van der Waals surface area (Å²) in [5.74, 6) is -0.835. The highest BCUT2D eigenvalue weighted by Gasteiger charge is 2.23. The quantitative estimate of drug-likeness (QED) is 0.141. The topological polar surface area (TPSA) is 156 Å². The van der Waals surface area contributed by atoms with Gasteiger partial charge in [-0.1, -0.05) is 30.7 Å². The molecule has 0 aliphatic carbocycles. The van der Waals surface area contributed by atoms with Gasteiger partial charge in [-0.15, -0.1) is 0 Å². The number of carbonyl (C=O) groups excluding carboxylic acids is 1. The first-order chi connectivity index (χ1) is 17.5. The molecule has 10 heteroatoms. The van der Waals surface area contributed by atoms with E-state index in [1.54, 1.807) is 30.3 Å². The van der Waals surface area contributed by atoms with Crippen LogP contribution in [-0.2, 0) is 15.8 Å². The van der Waals surface area contributed by atoms with Crippen molar-refractivity contribution in [2.24, 2.45) is 0 Å². The number of hydrogen-bond donors (Lipinski definition) is 6. The minimum Gasteiger partial charge on any atom is -0.508 e. The van der Waals surface area contributed by atoms with Crippen LogP contribution in [0.3, 0.4) is 0 Å². The fourth-order valence-corrected chi connectivity index (χ4v) is 5.65. The molecule has 1 unspecified atom stereocenters. The molecule has 0 radical (unpaired) electrons. The van der Waals surface area contributed by atoms with E-state index in [1.807, 2.05) is 19.9 Å². The number of carbonyl (C=O) groups is 2. The molecule has 204 valence electrons. The molecule has 2 aromatic carbocycles. The van der Waals surface area contributed by atoms with E-state index in [1.165, 1.54) is 6.07 Å². The highest BCUT2D eigenvalue weighted by Crippen LogP contribution is 2.42. The normalized spacial score (nSPS) is 14.5. The summed E-state index contributed by atoms with van der Waals surface area (Å²) in [6.07, 6.45) is 1.74. The third kappa shape index (κ3) is 11.5. The van der Waals surface area contributed by atoms with E-state index in [-0.39, 0.29) is 42.1 Å². The van der Waals surface area contributed by atoms with Gasteiger partial charge in [0.15, 0.2) is 0 Å². The van der Waals surface area contributed by atoms with Crippen molar-refractivity contribution in [1.82, 2.24) is 10.6 Å². The number of aryl methyl sites for hydroxylation is 2. The van der Waals surface area contributed by atoms with Gasteiger partial charge in [0.05, 0.1) is 17.8 Å². The zero-order chi connectivity index (χ0) is 27.4. The molecule has 0 spiro atoms. The molecule has 6 N–H and O–H groups in total. The summed E-state index contributed by atoms with van der Waals surface area (Å²) in [5, 5.41) is 34.9. The van der Waals surface area contributed by atoms with Crippen molar-refractivity contribution < 1.29 is 34.4 Å². The van der Waals surface area contributed by atoms with Crippen LogP contribution in [0.25, 0.3) is 0 Å². The zero-order valence-corrected chi connectivity index (χ0v) is 22.4. The first kappa shape index (κ1) is 30.5. The summed E-state index contributed by atoms with van der Waals surface area (Å²) in [5.41, 5.74) is 2.70. The molecule has 9 nitrogen and oxygen atoms in total. The number of carboxylic acids is 1. The van der Waals surface area contributed by atoms with Gasteiger partial charge in [0.2, 0.25) is 13.3 Å². The number of benzene rings is 2. The Balaban J connectivity index is 1.59. The molecule has 0 bridgehead atoms. The Morgan fingerprint density at radius 3 is 2.54 bits per heavy atom. The molecule has 0 heterocycles. The van der Waals surface area contributed by atoms with Crippen LogP contribution in [0.15, 0.2) is 42.5 Å². The maximum atomic E-state index is 12.5. The van der Waals surface area contributed by atoms with Crippen LogP contribution in [0.5, 0.6) is 5.75 Å². The third-order valence-electron chi connectivity index (χ3n) is 6.20. The number of phenolic OH excluding ortho intramolecular Hbond substituents is 1. The van der Waals surface area contributed by atoms with Crippen LogP contribution < -0.4 is 10.6 Å². The molecule has 2 aromatic rings. The minimum absolute atomic E-state index is 0.0573. The second kappa shape index (κ2) is 14.9. The van der Waals surface area contributed by atoms with E-state index in [2.05, 4.69) is 10.6 Å². The molecule has 2 rings (SSSR count). The summed E-state index contributed by atoms with van der Waals surface area (Å²) in [4.78, 5) is 33.4. The number of aromatic hydroxyl groups is 1. The fourth-order valence-electron chi connectivity index (χ4n) is 3.96. The maximum absolute atomic E-state index is 12.5. The molecule has 0 saturated heterocycles. The predicted octanol–water partition coefficient (Wildman–Crippen LogP) is 3.60. The number of aliphatic hydroxyl groups is 1. The third-order valence-corrected chi connectivity index (χ3v) is 8.20. The van der Waals surface area contributed by atoms with Gasteiger partial charge in [-0.2, -0.15) is 0 Å². The van der Waals surface area contributed by atoms with E-state index in [4.69, 9.17) is 5.11 Å². The smallest absolute Gasteiger partial charge is 0.335 e. The van der Waals surface area contributed by atoms with Crippen LogP contribution in [-0.4, -0.2) is 63.6 Å². The number of phenols is 1. The van der Waals surface area contributed by atoms with E-state index in [0.29, 0.717) is 38.6 Å². The maximum Gasteiger partial charge on any atom is 0.335 e. The lowest BCUT2D eigenvalue weighted by Crippen LogP contribution is -2.31. The Hall–Kier alpha value is -2.71. The lowest BCUT2D eigenvalue weighted by atomic mass is 10.1. The van der Waals surface area contributed by atoms with E-state index in [0.717, 1.165) is 16.7 Å². The number of carboxylic acid groups (broad SMARTS) is 1. The number of aromatic carboxylic acids is 1. The fraction of sp³-hybridized carbons (Fsp3) is 0.481. The molecular formula is C27H39N2O7P. The highest BCUT2D eigenvalue weighted by atomic mass is 31.2. The Labute approximate surface area is 218 Å². The van der Waals surface area contributed by atoms with Gasteiger partial charge in [0.1, 0.15) is 5.75 Å². The number of aliphatic hydroxyl groups excluding tert-OH is 1. The number of amides is 1. The second-order valence-corrected chi connectivity index (χ2v) is 12.0. The Morgan fingerprint density at radius 2 is 1.84 bits per heavy atom. The van der Waals surface area contributed by atoms with Crippen molar-refractivity contribution in [1.29, 1.82) is 0 Å². The molecule has 0 fully saturated rings. The number of hydrogen-bond acceptors (Lipinski definition) is 6. The molecule has 0 aliphatic heterocycles. The van der Waals surface area contributed by atoms with Crippen molar-refractivity contribution in [2.45, 2.75) is 58.1 Å². The van der Waals surface area contributed by atoms with Gasteiger partial charge < -0.3 is 30.8 Å². The van der Waals surface area contributed by atoms with Crippen molar-refractivity contribution in [3.63, 3.8) is 0 Å². The van der Waals surface area contributed by atoms with Gasteiger partial charge in [-0.05, 0) is 68.0 Å². The first-order valence-corrected chi connectivity index (χ1v) is 14.6. The highest BCUT2D eigenvalue weighted by molar-refractivity contribution is 7.58. The van der Waals surface area contributed by atoms with Crippen LogP contribution in [0, 0.1) is 6.92 Å². The predicted molar refractivity (Wildman–Crippen MR) is 143 cm³/mol. The van der Waals surface area contributed by atoms with Gasteiger partial charge in [-0.3, -0.25) is 9.36 Å². The van der Waals surface area contributed by atoms with Crippen LogP contribution in [0.2, 0.25) is 0 Å². The number of nitrogens with one attached hydrogen (secondary N) is 2. The average molecular weight is 535 g/mol. The van der Waals surface area contributed by atoms with Gasteiger partial charge in [0, 0.05) is 31.7 Å². The monoisotopic (exact) mass is 534 g/mol. The Bertz CT molecular complexity index is 1090. The van der Waals surface area contributed by atoms with Crippen molar-refractivity contribution in [2.75, 3.05) is 25.4 Å². The largest absolute Gasteiger partial charge is 0.508 e. The summed E-state index contributed by atoms with van der Waals surface area (Å²) in [7, 11) is -3.49. The van der Waals surface area contributed by atoms with E-state index >= 15 is 0 Å². The van der Waals surface area contributed by atoms with E-state index < -0.39 is 19.4 Å². The minimum atomic E-state index is -3.49. The summed E-state index contributed by atoms with van der Waals surface area (Å²) < 4.78 is 12.5. The molecule has 3 atom stereocenters. The lowest BCUT2D eigenvalue weighted by molar-refractivity contribution is -0.121. The van der Waals surface area contributed by atoms with E-state index in [9.17, 15) is 29.3 Å². The van der Waals surface area contributed by atoms with Crippen LogP contribution in [0.4, 0.5) is 0 Å². The summed E-state index contributed by atoms with van der Waals surface area (Å²) in [6.45, 7) is 4.25. The molecule has 37 heavy (non-hydrogen) atoms. The standard InChI is InChI=1S/C27H39N2O7P/c1-19-15-21(9-11-25(19)31)10-12-26(32)28-13-4-3-5-14-37(35,36)18-24(30)17-29-20(2)22-7-6-8-23(16-22)27(33)34/h6-9,11,15-16,20,24,29-31H,3-5,10,12-14,17-18H2,1-2H3,(H,28,32)(H,33,34)(H,35,36)/t20-,24+/m1/s1. The second-order valence-electron chi connectivity index (χ2n) is 9.50. The molecule has 1 amide bonds. The van der Waals surface area contributed by atoms with Crippen molar-refractivity contribution >= 4 is 19.2 Å². The zero-order valence-electron chi connectivity index (χ0n) is 21.5.